The van der Waals surface area contributed by atoms with Crippen molar-refractivity contribution in [2.75, 3.05) is 0 Å². The Morgan fingerprint density at radius 2 is 0.582 bits per heavy atom. The van der Waals surface area contributed by atoms with Crippen LogP contribution >= 0.6 is 0 Å². The minimum atomic E-state index is -0.288. The quantitative estimate of drug-likeness (QED) is 0.0628. The number of pyridine rings is 6. The van der Waals surface area contributed by atoms with Crippen molar-refractivity contribution >= 4 is 43.6 Å². The van der Waals surface area contributed by atoms with Gasteiger partial charge in [0.1, 0.15) is 0 Å². The van der Waals surface area contributed by atoms with Gasteiger partial charge in [0.15, 0.2) is 0 Å². The second kappa shape index (κ2) is 25.6. The van der Waals surface area contributed by atoms with Crippen LogP contribution in [0.1, 0.15) is 97.6 Å². The van der Waals surface area contributed by atoms with E-state index in [1.54, 1.807) is 24.8 Å². The highest BCUT2D eigenvalue weighted by Gasteiger charge is 2.42. The van der Waals surface area contributed by atoms with Crippen molar-refractivity contribution in [2.45, 2.75) is 82.7 Å². The number of para-hydroxylation sites is 4. The summed E-state index contributed by atoms with van der Waals surface area (Å²) in [5.41, 5.74) is 20.1. The van der Waals surface area contributed by atoms with E-state index >= 15 is 0 Å². The largest absolute Gasteiger partial charge is 0.340 e. The van der Waals surface area contributed by atoms with Crippen molar-refractivity contribution in [2.24, 2.45) is 0 Å². The summed E-state index contributed by atoms with van der Waals surface area (Å²) in [5, 5.41) is 5.30. The number of rotatable bonds is 18. The molecule has 0 fully saturated rings. The molecule has 0 saturated carbocycles. The van der Waals surface area contributed by atoms with Crippen molar-refractivity contribution in [1.29, 1.82) is 0 Å². The Kier molecular flexibility index (Phi) is 15.9. The van der Waals surface area contributed by atoms with Crippen molar-refractivity contribution in [1.82, 2.24) is 39.0 Å². The molecule has 0 amide bonds. The third kappa shape index (κ3) is 11.6. The summed E-state index contributed by atoms with van der Waals surface area (Å²) >= 11 is 0. The molecule has 0 aliphatic heterocycles. The van der Waals surface area contributed by atoms with E-state index in [-0.39, 0.29) is 5.41 Å². The summed E-state index contributed by atoms with van der Waals surface area (Å²) in [6.07, 6.45) is 18.1. The zero-order chi connectivity index (χ0) is 60.8. The maximum absolute atomic E-state index is 5.04. The first-order valence-electron chi connectivity index (χ1n) is 32.1. The lowest BCUT2D eigenvalue weighted by Crippen LogP contribution is -2.26. The molecule has 0 unspecified atom stereocenters. The van der Waals surface area contributed by atoms with E-state index in [1.807, 2.05) is 97.1 Å². The van der Waals surface area contributed by atoms with Gasteiger partial charge in [0.05, 0.1) is 45.6 Å². The number of hydrogen-bond acceptors (Lipinski definition) is 6. The first-order chi connectivity index (χ1) is 45.1. The van der Waals surface area contributed by atoms with Crippen LogP contribution in [0.2, 0.25) is 0 Å². The molecular formula is C83H66N8. The van der Waals surface area contributed by atoms with Crippen LogP contribution in [-0.4, -0.2) is 39.0 Å². The van der Waals surface area contributed by atoms with Crippen molar-refractivity contribution < 1.29 is 0 Å². The molecule has 438 valence electrons. The number of benzene rings is 6. The van der Waals surface area contributed by atoms with E-state index < -0.39 is 0 Å². The van der Waals surface area contributed by atoms with Gasteiger partial charge in [-0.3, -0.25) is 19.9 Å². The second-order valence-electron chi connectivity index (χ2n) is 23.9. The molecule has 91 heavy (non-hydrogen) atoms. The van der Waals surface area contributed by atoms with E-state index in [9.17, 15) is 0 Å². The Hall–Kier alpha value is -11.1. The molecule has 14 aromatic rings. The normalized spacial score (nSPS) is 12.2. The molecule has 0 bridgehead atoms. The summed E-state index contributed by atoms with van der Waals surface area (Å²) in [5.74, 6) is 14.6. The molecule has 6 aromatic carbocycles. The Morgan fingerprint density at radius 1 is 0.275 bits per heavy atom. The molecule has 8 heteroatoms. The van der Waals surface area contributed by atoms with E-state index in [0.717, 1.165) is 145 Å². The van der Waals surface area contributed by atoms with Gasteiger partial charge in [0, 0.05) is 109 Å². The van der Waals surface area contributed by atoms with Gasteiger partial charge in [-0.15, -0.1) is 0 Å². The zero-order valence-electron chi connectivity index (χ0n) is 50.8. The fourth-order valence-electron chi connectivity index (χ4n) is 14.0. The van der Waals surface area contributed by atoms with Gasteiger partial charge in [-0.25, -0.2) is 9.97 Å². The Balaban J connectivity index is 0.790. The highest BCUT2D eigenvalue weighted by Crippen LogP contribution is 2.55. The minimum absolute atomic E-state index is 0.288. The molecule has 0 atom stereocenters. The number of aryl methyl sites for hydroxylation is 2. The summed E-state index contributed by atoms with van der Waals surface area (Å²) in [4.78, 5) is 28.8. The molecule has 0 radical (unpaired) electrons. The molecule has 8 nitrogen and oxygen atoms in total. The summed E-state index contributed by atoms with van der Waals surface area (Å²) in [6, 6.07) is 81.3. The van der Waals surface area contributed by atoms with Crippen LogP contribution in [0.25, 0.3) is 100 Å². The van der Waals surface area contributed by atoms with Crippen molar-refractivity contribution in [3.63, 3.8) is 0 Å². The number of fused-ring (bicyclic) bond motifs is 9. The van der Waals surface area contributed by atoms with Gasteiger partial charge < -0.3 is 9.13 Å². The SMILES string of the molecule is C(#Cc1ccc2c(c1)C(CCCCCCn1c3ccccc3c3ccccc31)(CCCCCCn1c3ccccc3c3ccccc31)c1cc(C#Cc3cc(-c4ccccn4)nc(-c4ccccn4)c3)ccc1-2)c1cc(-c2ccccn2)nc(-c2ccccn2)c1. The maximum Gasteiger partial charge on any atom is 0.0906 e. The Bertz CT molecular complexity index is 4540. The lowest BCUT2D eigenvalue weighted by atomic mass is 9.70. The van der Waals surface area contributed by atoms with Crippen LogP contribution < -0.4 is 0 Å². The molecule has 8 heterocycles. The number of aromatic nitrogens is 8. The van der Waals surface area contributed by atoms with Crippen LogP contribution in [0.5, 0.6) is 0 Å². The zero-order valence-corrected chi connectivity index (χ0v) is 50.8. The molecule has 0 N–H and O–H groups in total. The van der Waals surface area contributed by atoms with Crippen LogP contribution in [0.4, 0.5) is 0 Å². The lowest BCUT2D eigenvalue weighted by molar-refractivity contribution is 0.396. The van der Waals surface area contributed by atoms with Gasteiger partial charge in [0.2, 0.25) is 0 Å². The minimum Gasteiger partial charge on any atom is -0.340 e. The molecule has 0 saturated heterocycles. The van der Waals surface area contributed by atoms with Gasteiger partial charge in [-0.05, 0) is 169 Å². The maximum atomic E-state index is 5.04. The number of nitrogens with zero attached hydrogens (tertiary/aromatic N) is 8. The highest BCUT2D eigenvalue weighted by molar-refractivity contribution is 6.09. The fraction of sp³-hybridized carbons (Fsp3) is 0.157. The van der Waals surface area contributed by atoms with E-state index in [0.29, 0.717) is 0 Å². The number of hydrogen-bond donors (Lipinski definition) is 0. The fourth-order valence-corrected chi connectivity index (χ4v) is 14.0. The van der Waals surface area contributed by atoms with Crippen LogP contribution in [0, 0.1) is 23.7 Å². The van der Waals surface area contributed by atoms with Crippen LogP contribution in [0.15, 0.2) is 255 Å². The van der Waals surface area contributed by atoms with E-state index in [1.165, 1.54) is 65.9 Å². The molecule has 1 aliphatic carbocycles. The van der Waals surface area contributed by atoms with E-state index in [2.05, 4.69) is 186 Å². The first kappa shape index (κ1) is 56.4. The third-order valence-corrected chi connectivity index (χ3v) is 18.3. The van der Waals surface area contributed by atoms with Gasteiger partial charge in [-0.1, -0.05) is 171 Å². The molecule has 0 spiro atoms. The van der Waals surface area contributed by atoms with Gasteiger partial charge in [0.25, 0.3) is 0 Å². The van der Waals surface area contributed by atoms with Gasteiger partial charge in [-0.2, -0.15) is 0 Å². The number of unbranched alkanes of at least 4 members (excludes halogenated alkanes) is 6. The predicted octanol–water partition coefficient (Wildman–Crippen LogP) is 19.3. The summed E-state index contributed by atoms with van der Waals surface area (Å²) < 4.78 is 5.08. The van der Waals surface area contributed by atoms with E-state index in [4.69, 9.17) is 9.97 Å². The van der Waals surface area contributed by atoms with Crippen LogP contribution in [0.3, 0.4) is 0 Å². The smallest absolute Gasteiger partial charge is 0.0906 e. The lowest BCUT2D eigenvalue weighted by Gasteiger charge is -2.33. The Morgan fingerprint density at radius 3 is 0.912 bits per heavy atom. The topological polar surface area (TPSA) is 87.2 Å². The predicted molar refractivity (Wildman–Crippen MR) is 371 cm³/mol. The molecule has 15 rings (SSSR count). The molecular weight excluding hydrogens is 1110 g/mol. The second-order valence-corrected chi connectivity index (χ2v) is 23.9. The third-order valence-electron chi connectivity index (χ3n) is 18.3. The monoisotopic (exact) mass is 1170 g/mol. The summed E-state index contributed by atoms with van der Waals surface area (Å²) in [7, 11) is 0. The van der Waals surface area contributed by atoms with Crippen molar-refractivity contribution in [3.05, 3.63) is 289 Å². The summed E-state index contributed by atoms with van der Waals surface area (Å²) in [6.45, 7) is 1.97. The van der Waals surface area contributed by atoms with Crippen molar-refractivity contribution in [3.8, 4) is 80.4 Å². The van der Waals surface area contributed by atoms with Crippen LogP contribution in [-0.2, 0) is 18.5 Å². The molecule has 8 aromatic heterocycles. The Labute approximate surface area is 531 Å². The van der Waals surface area contributed by atoms with Gasteiger partial charge >= 0.3 is 0 Å². The average Bonchev–Trinajstić information content (AvgIpc) is 1.59. The highest BCUT2D eigenvalue weighted by atomic mass is 15.0. The average molecular weight is 1180 g/mol. The molecule has 1 aliphatic rings. The first-order valence-corrected chi connectivity index (χ1v) is 32.1. The standard InChI is InChI=1S/C83H66N8/c1(3-23-51-90-79-33-9-5-25-65(79)66-26-6-10-34-80(66)90)17-45-83(46-18-2-4-24-52-91-81-35-11-7-27-67(81)68-28-8-12-36-82(68)91)69-53-59(37-39-61-55-75(71-29-13-19-47-84-71)88-76(56-61)72-30-14-20-48-85-72)41-43-63(69)64-44-42-60(54-70(64)83)38-40-62-57-77(73-31-15-21-49-86-73)89-78(58-62)74-32-16-22-50-87-74/h5-16,19-22,25-36,41-44,47-50,53-58H,1-4,17-18,23-24,45-46,51-52H2.